The summed E-state index contributed by atoms with van der Waals surface area (Å²) in [5, 5.41) is 3.59. The van der Waals surface area contributed by atoms with Crippen LogP contribution in [0, 0.1) is 0 Å². The third-order valence-corrected chi connectivity index (χ3v) is 5.77. The van der Waals surface area contributed by atoms with Crippen LogP contribution in [0.1, 0.15) is 34.8 Å². The Morgan fingerprint density at radius 3 is 3.00 bits per heavy atom. The van der Waals surface area contributed by atoms with E-state index in [2.05, 4.69) is 35.4 Å². The Kier molecular flexibility index (Phi) is 2.55. The van der Waals surface area contributed by atoms with Crippen molar-refractivity contribution in [2.24, 2.45) is 5.73 Å². The fourth-order valence-corrected chi connectivity index (χ4v) is 4.32. The molecular weight excluding hydrogens is 318 g/mol. The predicted octanol–water partition coefficient (Wildman–Crippen LogP) is 3.79. The van der Waals surface area contributed by atoms with E-state index >= 15 is 0 Å². The third-order valence-electron chi connectivity index (χ3n) is 4.98. The first kappa shape index (κ1) is 13.7. The minimum Gasteiger partial charge on any atom is -0.375 e. The molecule has 1 amide bonds. The second-order valence-electron chi connectivity index (χ2n) is 6.65. The Bertz CT molecular complexity index is 1070. The van der Waals surface area contributed by atoms with Gasteiger partial charge in [0.05, 0.1) is 21.3 Å². The van der Waals surface area contributed by atoms with Gasteiger partial charge in [-0.05, 0) is 60.4 Å². The van der Waals surface area contributed by atoms with Gasteiger partial charge in [-0.1, -0.05) is 6.07 Å². The van der Waals surface area contributed by atoms with Crippen LogP contribution in [0.3, 0.4) is 0 Å². The van der Waals surface area contributed by atoms with Crippen LogP contribution in [0.15, 0.2) is 47.5 Å². The number of rotatable bonds is 2. The summed E-state index contributed by atoms with van der Waals surface area (Å²) in [6.07, 6.45) is 1.02. The second kappa shape index (κ2) is 4.45. The fourth-order valence-electron chi connectivity index (χ4n) is 3.61. The topological polar surface area (TPSA) is 68.0 Å². The van der Waals surface area contributed by atoms with E-state index in [9.17, 15) is 4.79 Å². The van der Waals surface area contributed by atoms with Gasteiger partial charge in [-0.25, -0.2) is 4.98 Å². The van der Waals surface area contributed by atoms with E-state index < -0.39 is 5.91 Å². The molecule has 1 aliphatic heterocycles. The molecule has 0 saturated heterocycles. The molecule has 2 heterocycles. The Balaban J connectivity index is 1.76. The molecule has 24 heavy (non-hydrogen) atoms. The van der Waals surface area contributed by atoms with Crippen molar-refractivity contribution in [2.75, 3.05) is 5.32 Å². The lowest BCUT2D eigenvalue weighted by Gasteiger charge is -2.25. The number of nitrogens with two attached hydrogens (primary N) is 1. The highest BCUT2D eigenvalue weighted by Crippen LogP contribution is 2.56. The molecule has 1 fully saturated rings. The molecule has 1 atom stereocenters. The zero-order valence-corrected chi connectivity index (χ0v) is 13.9. The van der Waals surface area contributed by atoms with Crippen molar-refractivity contribution < 1.29 is 4.79 Å². The molecule has 1 aromatic heterocycles. The molecule has 5 rings (SSSR count). The van der Waals surface area contributed by atoms with Gasteiger partial charge in [-0.3, -0.25) is 4.79 Å². The van der Waals surface area contributed by atoms with E-state index in [1.807, 2.05) is 17.6 Å². The van der Waals surface area contributed by atoms with Crippen molar-refractivity contribution in [3.8, 4) is 0 Å². The lowest BCUT2D eigenvalue weighted by Crippen LogP contribution is -2.22. The largest absolute Gasteiger partial charge is 0.375 e. The molecule has 0 bridgehead atoms. The third kappa shape index (κ3) is 1.85. The molecule has 3 aromatic rings. The first-order valence-corrected chi connectivity index (χ1v) is 8.73. The van der Waals surface area contributed by atoms with Gasteiger partial charge in [0, 0.05) is 16.8 Å². The van der Waals surface area contributed by atoms with E-state index in [4.69, 9.17) is 5.73 Å². The van der Waals surface area contributed by atoms with E-state index in [0.717, 1.165) is 23.2 Å². The van der Waals surface area contributed by atoms with Gasteiger partial charge in [0.15, 0.2) is 0 Å². The first-order chi connectivity index (χ1) is 11.5. The average Bonchev–Trinajstić information content (AvgIpc) is 3.02. The summed E-state index contributed by atoms with van der Waals surface area (Å²) in [7, 11) is 0. The number of benzene rings is 2. The van der Waals surface area contributed by atoms with Crippen LogP contribution >= 0.6 is 11.3 Å². The summed E-state index contributed by atoms with van der Waals surface area (Å²) in [5.41, 5.74) is 14.8. The highest BCUT2D eigenvalue weighted by Gasteiger charge is 2.49. The summed E-state index contributed by atoms with van der Waals surface area (Å²) in [6, 6.07) is 12.0. The molecule has 118 valence electrons. The van der Waals surface area contributed by atoms with E-state index in [-0.39, 0.29) is 5.54 Å². The number of aromatic nitrogens is 1. The lowest BCUT2D eigenvalue weighted by atomic mass is 9.90. The van der Waals surface area contributed by atoms with Gasteiger partial charge in [0.25, 0.3) is 0 Å². The van der Waals surface area contributed by atoms with Gasteiger partial charge in [0.1, 0.15) is 0 Å². The monoisotopic (exact) mass is 333 g/mol. The van der Waals surface area contributed by atoms with Crippen molar-refractivity contribution in [1.29, 1.82) is 0 Å². The zero-order chi connectivity index (χ0) is 16.5. The standard InChI is InChI=1S/C19H15N3OS/c1-19-8-13(19)17(10-2-5-15-16(7-10)24-9-21-15)12-6-11(18(20)23)3-4-14(12)22-19/h2-7,9,22H,8H2,1H3,(H2,20,23). The number of fused-ring (bicyclic) bond motifs is 3. The smallest absolute Gasteiger partial charge is 0.248 e. The van der Waals surface area contributed by atoms with Crippen LogP contribution in [0.4, 0.5) is 5.69 Å². The number of anilines is 1. The quantitative estimate of drug-likeness (QED) is 0.750. The predicted molar refractivity (Wildman–Crippen MR) is 97.2 cm³/mol. The minimum atomic E-state index is -0.399. The number of amides is 1. The Labute approximate surface area is 143 Å². The number of nitrogens with one attached hydrogen (secondary N) is 1. The van der Waals surface area contributed by atoms with Crippen LogP contribution in [0.2, 0.25) is 0 Å². The highest BCUT2D eigenvalue weighted by atomic mass is 32.1. The van der Waals surface area contributed by atoms with Crippen LogP contribution in [0.25, 0.3) is 15.8 Å². The number of thiazole rings is 1. The molecule has 2 aromatic carbocycles. The molecule has 1 aliphatic carbocycles. The number of hydrogen-bond donors (Lipinski definition) is 2. The Morgan fingerprint density at radius 2 is 2.17 bits per heavy atom. The Morgan fingerprint density at radius 1 is 1.29 bits per heavy atom. The number of nitrogens with zero attached hydrogens (tertiary/aromatic N) is 1. The number of carbonyl (C=O) groups excluding carboxylic acids is 1. The molecule has 0 radical (unpaired) electrons. The van der Waals surface area contributed by atoms with Crippen molar-refractivity contribution >= 4 is 38.7 Å². The molecule has 1 unspecified atom stereocenters. The molecular formula is C19H15N3OS. The zero-order valence-electron chi connectivity index (χ0n) is 13.1. The van der Waals surface area contributed by atoms with E-state index in [0.29, 0.717) is 5.56 Å². The maximum Gasteiger partial charge on any atom is 0.248 e. The maximum atomic E-state index is 11.6. The highest BCUT2D eigenvalue weighted by molar-refractivity contribution is 7.16. The number of carbonyl (C=O) groups is 1. The van der Waals surface area contributed by atoms with Crippen LogP contribution in [0.5, 0.6) is 0 Å². The fraction of sp³-hybridized carbons (Fsp3) is 0.158. The normalized spacial score (nSPS) is 21.2. The molecule has 2 aliphatic rings. The van der Waals surface area contributed by atoms with Crippen LogP contribution in [-0.4, -0.2) is 16.4 Å². The van der Waals surface area contributed by atoms with Crippen molar-refractivity contribution in [2.45, 2.75) is 18.9 Å². The molecule has 1 saturated carbocycles. The summed E-state index contributed by atoms with van der Waals surface area (Å²) >= 11 is 1.65. The summed E-state index contributed by atoms with van der Waals surface area (Å²) < 4.78 is 1.18. The summed E-state index contributed by atoms with van der Waals surface area (Å²) in [5.74, 6) is -0.399. The van der Waals surface area contributed by atoms with Gasteiger partial charge in [-0.15, -0.1) is 11.3 Å². The van der Waals surface area contributed by atoms with Gasteiger partial charge in [0.2, 0.25) is 5.91 Å². The van der Waals surface area contributed by atoms with Crippen molar-refractivity contribution in [3.05, 3.63) is 64.2 Å². The molecule has 4 nitrogen and oxygen atoms in total. The van der Waals surface area contributed by atoms with Gasteiger partial charge >= 0.3 is 0 Å². The molecule has 0 spiro atoms. The second-order valence-corrected chi connectivity index (χ2v) is 7.53. The average molecular weight is 333 g/mol. The SMILES string of the molecule is CC12CC1=C(c1ccc3ncsc3c1)c1cc(C(N)=O)ccc1N2. The van der Waals surface area contributed by atoms with Gasteiger partial charge < -0.3 is 11.1 Å². The maximum absolute atomic E-state index is 11.6. The summed E-state index contributed by atoms with van der Waals surface area (Å²) in [4.78, 5) is 16.0. The van der Waals surface area contributed by atoms with Crippen LogP contribution < -0.4 is 11.1 Å². The number of primary amides is 1. The van der Waals surface area contributed by atoms with Gasteiger partial charge in [-0.2, -0.15) is 0 Å². The lowest BCUT2D eigenvalue weighted by molar-refractivity contribution is 0.100. The molecule has 3 N–H and O–H groups in total. The number of hydrogen-bond acceptors (Lipinski definition) is 4. The minimum absolute atomic E-state index is 0.0270. The Hall–Kier alpha value is -2.66. The van der Waals surface area contributed by atoms with Crippen molar-refractivity contribution in [1.82, 2.24) is 4.98 Å². The van der Waals surface area contributed by atoms with Crippen LogP contribution in [-0.2, 0) is 0 Å². The van der Waals surface area contributed by atoms with E-state index in [1.54, 1.807) is 17.4 Å². The first-order valence-electron chi connectivity index (χ1n) is 7.85. The van der Waals surface area contributed by atoms with Crippen molar-refractivity contribution in [3.63, 3.8) is 0 Å². The van der Waals surface area contributed by atoms with E-state index in [1.165, 1.54) is 21.4 Å². The molecule has 5 heteroatoms. The summed E-state index contributed by atoms with van der Waals surface area (Å²) in [6.45, 7) is 2.22.